The predicted octanol–water partition coefficient (Wildman–Crippen LogP) is 3.12. The molecule has 0 bridgehead atoms. The first-order chi connectivity index (χ1) is 14.0. The summed E-state index contributed by atoms with van der Waals surface area (Å²) in [4.78, 5) is 38.7. The van der Waals surface area contributed by atoms with Crippen LogP contribution < -0.4 is 0 Å². The van der Waals surface area contributed by atoms with E-state index in [1.165, 1.54) is 0 Å². The number of methoxy groups -OCH3 is 1. The van der Waals surface area contributed by atoms with Crippen LogP contribution in [0.3, 0.4) is 0 Å². The molecular formula is C22H34N2O6. The second-order valence-corrected chi connectivity index (χ2v) is 8.70. The van der Waals surface area contributed by atoms with E-state index in [4.69, 9.17) is 14.2 Å². The van der Waals surface area contributed by atoms with E-state index in [1.54, 1.807) is 12.0 Å². The van der Waals surface area contributed by atoms with Crippen molar-refractivity contribution >= 4 is 17.8 Å². The lowest BCUT2D eigenvalue weighted by Gasteiger charge is -2.32. The Morgan fingerprint density at radius 3 is 2.33 bits per heavy atom. The van der Waals surface area contributed by atoms with Crippen LogP contribution in [0.15, 0.2) is 6.07 Å². The van der Waals surface area contributed by atoms with E-state index in [-0.39, 0.29) is 30.4 Å². The molecule has 0 aliphatic carbocycles. The number of likely N-dealkylation sites (tertiary alicyclic amines) is 1. The Bertz CT molecular complexity index is 769. The summed E-state index contributed by atoms with van der Waals surface area (Å²) in [6, 6.07) is 1.82. The molecule has 0 aromatic carbocycles. The number of aromatic nitrogens is 1. The highest BCUT2D eigenvalue weighted by atomic mass is 16.6. The molecule has 8 heteroatoms. The molecule has 0 atom stereocenters. The zero-order valence-corrected chi connectivity index (χ0v) is 18.9. The highest BCUT2D eigenvalue weighted by Gasteiger charge is 2.31. The largest absolute Gasteiger partial charge is 0.457 e. The molecule has 8 nitrogen and oxygen atoms in total. The molecule has 0 N–H and O–H groups in total. The normalized spacial score (nSPS) is 15.2. The molecule has 1 amide bonds. The molecule has 168 valence electrons. The van der Waals surface area contributed by atoms with Gasteiger partial charge < -0.3 is 23.7 Å². The van der Waals surface area contributed by atoms with Gasteiger partial charge >= 0.3 is 12.1 Å². The maximum absolute atomic E-state index is 12.6. The van der Waals surface area contributed by atoms with Crippen LogP contribution in [-0.2, 0) is 25.5 Å². The van der Waals surface area contributed by atoms with Gasteiger partial charge in [-0.05, 0) is 53.5 Å². The number of carbonyl (C=O) groups excluding carboxylic acids is 3. The van der Waals surface area contributed by atoms with Gasteiger partial charge in [-0.15, -0.1) is 0 Å². The van der Waals surface area contributed by atoms with Gasteiger partial charge in [0.1, 0.15) is 5.60 Å². The maximum Gasteiger partial charge on any atom is 0.410 e. The van der Waals surface area contributed by atoms with Crippen molar-refractivity contribution in [3.8, 4) is 0 Å². The number of nitrogens with zero attached hydrogens (tertiary/aromatic N) is 2. The molecule has 2 heterocycles. The minimum atomic E-state index is -0.549. The Morgan fingerprint density at radius 1 is 1.13 bits per heavy atom. The summed E-state index contributed by atoms with van der Waals surface area (Å²) >= 11 is 0. The van der Waals surface area contributed by atoms with Crippen LogP contribution in [0, 0.1) is 19.8 Å². The fraction of sp³-hybridized carbons (Fsp3) is 0.682. The standard InChI is InChI=1S/C22H34N2O6/c1-15-13-18(16(2)24(15)11-12-28-6)19(25)14-29-20(26)17-7-9-23(10-8-17)21(27)30-22(3,4)5/h13,17H,7-12,14H2,1-6H3. The Labute approximate surface area is 178 Å². The maximum atomic E-state index is 12.6. The van der Waals surface area contributed by atoms with Gasteiger partial charge in [0, 0.05) is 43.7 Å². The molecule has 0 saturated carbocycles. The molecule has 0 radical (unpaired) electrons. The van der Waals surface area contributed by atoms with E-state index in [2.05, 4.69) is 0 Å². The minimum absolute atomic E-state index is 0.216. The molecule has 1 saturated heterocycles. The van der Waals surface area contributed by atoms with Crippen molar-refractivity contribution in [1.82, 2.24) is 9.47 Å². The number of ketones is 1. The molecule has 1 aromatic heterocycles. The third-order valence-corrected chi connectivity index (χ3v) is 5.22. The summed E-state index contributed by atoms with van der Waals surface area (Å²) in [6.07, 6.45) is 0.628. The van der Waals surface area contributed by atoms with Crippen molar-refractivity contribution in [2.45, 2.75) is 59.6 Å². The number of piperidine rings is 1. The number of rotatable bonds is 7. The minimum Gasteiger partial charge on any atom is -0.457 e. The number of ether oxygens (including phenoxy) is 3. The average Bonchev–Trinajstić information content (AvgIpc) is 2.96. The van der Waals surface area contributed by atoms with Crippen LogP contribution >= 0.6 is 0 Å². The van der Waals surface area contributed by atoms with Crippen molar-refractivity contribution in [2.24, 2.45) is 5.92 Å². The Hall–Kier alpha value is -2.35. The molecule has 1 fully saturated rings. The van der Waals surface area contributed by atoms with Crippen molar-refractivity contribution in [2.75, 3.05) is 33.4 Å². The summed E-state index contributed by atoms with van der Waals surface area (Å²) in [7, 11) is 1.64. The molecule has 2 rings (SSSR count). The fourth-order valence-electron chi connectivity index (χ4n) is 3.57. The summed E-state index contributed by atoms with van der Waals surface area (Å²) in [5.74, 6) is -0.919. The lowest BCUT2D eigenvalue weighted by Crippen LogP contribution is -2.43. The number of amides is 1. The van der Waals surface area contributed by atoms with E-state index >= 15 is 0 Å². The van der Waals surface area contributed by atoms with Gasteiger partial charge in [-0.3, -0.25) is 9.59 Å². The molecule has 0 spiro atoms. The summed E-state index contributed by atoms with van der Waals surface area (Å²) in [5, 5.41) is 0. The highest BCUT2D eigenvalue weighted by molar-refractivity contribution is 5.99. The first-order valence-corrected chi connectivity index (χ1v) is 10.4. The number of esters is 1. The molecule has 1 aromatic rings. The van der Waals surface area contributed by atoms with E-state index < -0.39 is 5.60 Å². The number of hydrogen-bond acceptors (Lipinski definition) is 6. The van der Waals surface area contributed by atoms with Crippen LogP contribution in [0.5, 0.6) is 0 Å². The van der Waals surface area contributed by atoms with Crippen molar-refractivity contribution < 1.29 is 28.6 Å². The monoisotopic (exact) mass is 422 g/mol. The van der Waals surface area contributed by atoms with E-state index in [9.17, 15) is 14.4 Å². The highest BCUT2D eigenvalue weighted by Crippen LogP contribution is 2.21. The number of carbonyl (C=O) groups is 3. The zero-order chi connectivity index (χ0) is 22.5. The molecule has 0 unspecified atom stereocenters. The van der Waals surface area contributed by atoms with Crippen LogP contribution in [0.1, 0.15) is 55.4 Å². The zero-order valence-electron chi connectivity index (χ0n) is 18.9. The van der Waals surface area contributed by atoms with Gasteiger partial charge in [0.15, 0.2) is 6.61 Å². The third kappa shape index (κ3) is 6.32. The van der Waals surface area contributed by atoms with Crippen LogP contribution in [0.25, 0.3) is 0 Å². The van der Waals surface area contributed by atoms with Gasteiger partial charge in [0.05, 0.1) is 12.5 Å². The Balaban J connectivity index is 1.84. The molecule has 30 heavy (non-hydrogen) atoms. The van der Waals surface area contributed by atoms with Gasteiger partial charge in [-0.1, -0.05) is 0 Å². The first kappa shape index (κ1) is 23.9. The lowest BCUT2D eigenvalue weighted by molar-refractivity contribution is -0.149. The Kier molecular flexibility index (Phi) is 8.06. The Morgan fingerprint density at radius 2 is 1.77 bits per heavy atom. The smallest absolute Gasteiger partial charge is 0.410 e. The van der Waals surface area contributed by atoms with Crippen LogP contribution in [0.2, 0.25) is 0 Å². The summed E-state index contributed by atoms with van der Waals surface area (Å²) < 4.78 is 17.8. The molecule has 1 aliphatic heterocycles. The molecule has 1 aliphatic rings. The van der Waals surface area contributed by atoms with Crippen LogP contribution in [-0.4, -0.2) is 66.3 Å². The molecular weight excluding hydrogens is 388 g/mol. The van der Waals surface area contributed by atoms with Gasteiger partial charge in [0.25, 0.3) is 0 Å². The number of Topliss-reactive ketones (excluding diaryl/α,β-unsaturated/α-hetero) is 1. The van der Waals surface area contributed by atoms with Crippen molar-refractivity contribution in [3.63, 3.8) is 0 Å². The van der Waals surface area contributed by atoms with Gasteiger partial charge in [0.2, 0.25) is 5.78 Å². The lowest BCUT2D eigenvalue weighted by atomic mass is 9.97. The van der Waals surface area contributed by atoms with E-state index in [0.29, 0.717) is 44.6 Å². The topological polar surface area (TPSA) is 87.1 Å². The second-order valence-electron chi connectivity index (χ2n) is 8.70. The number of aryl methyl sites for hydroxylation is 1. The van der Waals surface area contributed by atoms with E-state index in [0.717, 1.165) is 11.4 Å². The van der Waals surface area contributed by atoms with Gasteiger partial charge in [-0.25, -0.2) is 4.79 Å². The number of hydrogen-bond donors (Lipinski definition) is 0. The average molecular weight is 423 g/mol. The second kappa shape index (κ2) is 10.1. The predicted molar refractivity (Wildman–Crippen MR) is 112 cm³/mol. The SMILES string of the molecule is COCCn1c(C)cc(C(=O)COC(=O)C2CCN(C(=O)OC(C)(C)C)CC2)c1C. The quantitative estimate of drug-likeness (QED) is 0.496. The van der Waals surface area contributed by atoms with Crippen LogP contribution in [0.4, 0.5) is 4.79 Å². The van der Waals surface area contributed by atoms with E-state index in [1.807, 2.05) is 45.3 Å². The third-order valence-electron chi connectivity index (χ3n) is 5.22. The fourth-order valence-corrected chi connectivity index (χ4v) is 3.57. The van der Waals surface area contributed by atoms with Gasteiger partial charge in [-0.2, -0.15) is 0 Å². The first-order valence-electron chi connectivity index (χ1n) is 10.4. The summed E-state index contributed by atoms with van der Waals surface area (Å²) in [6.45, 7) is 11.1. The van der Waals surface area contributed by atoms with Crippen molar-refractivity contribution in [1.29, 1.82) is 0 Å². The van der Waals surface area contributed by atoms with Crippen molar-refractivity contribution in [3.05, 3.63) is 23.0 Å². The summed E-state index contributed by atoms with van der Waals surface area (Å²) in [5.41, 5.74) is 1.83.